The highest BCUT2D eigenvalue weighted by atomic mass is 32.1. The van der Waals surface area contributed by atoms with Gasteiger partial charge in [0.2, 0.25) is 0 Å². The number of hydrogen-bond donors (Lipinski definition) is 2. The van der Waals surface area contributed by atoms with Gasteiger partial charge in [0.1, 0.15) is 4.99 Å². The summed E-state index contributed by atoms with van der Waals surface area (Å²) in [6.45, 7) is 4.96. The molecule has 1 aromatic heterocycles. The van der Waals surface area contributed by atoms with Gasteiger partial charge in [0.15, 0.2) is 0 Å². The fourth-order valence-corrected chi connectivity index (χ4v) is 2.80. The molecule has 0 bridgehead atoms. The number of anilines is 1. The van der Waals surface area contributed by atoms with E-state index in [1.165, 1.54) is 11.1 Å². The lowest BCUT2D eigenvalue weighted by Crippen LogP contribution is -2.13. The molecule has 2 aromatic rings. The van der Waals surface area contributed by atoms with Crippen molar-refractivity contribution in [2.24, 2.45) is 5.73 Å². The fourth-order valence-electron chi connectivity index (χ4n) is 1.77. The van der Waals surface area contributed by atoms with Gasteiger partial charge < -0.3 is 11.1 Å². The average Bonchev–Trinajstić information content (AvgIpc) is 2.73. The van der Waals surface area contributed by atoms with Gasteiger partial charge >= 0.3 is 0 Å². The van der Waals surface area contributed by atoms with Crippen LogP contribution in [0.2, 0.25) is 0 Å². The number of thiocarbonyl (C=S) groups is 1. The molecular weight excluding hydrogens is 260 g/mol. The van der Waals surface area contributed by atoms with Crippen LogP contribution in [0.3, 0.4) is 0 Å². The van der Waals surface area contributed by atoms with Crippen LogP contribution in [0.1, 0.15) is 22.3 Å². The number of nitrogens with two attached hydrogens (primary N) is 1. The molecule has 0 saturated heterocycles. The summed E-state index contributed by atoms with van der Waals surface area (Å²) in [5.41, 5.74) is 11.5. The smallest absolute Gasteiger partial charge is 0.106 e. The molecule has 2 rings (SSSR count). The second-order valence-corrected chi connectivity index (χ2v) is 5.53. The Balaban J connectivity index is 2.19. The van der Waals surface area contributed by atoms with Crippen LogP contribution in [0.5, 0.6) is 0 Å². The fraction of sp³-hybridized carbons (Fsp3) is 0.214. The number of nitrogens with one attached hydrogen (secondary N) is 1. The lowest BCUT2D eigenvalue weighted by atomic mass is 10.1. The lowest BCUT2D eigenvalue weighted by Gasteiger charge is -2.12. The maximum absolute atomic E-state index is 5.76. The normalized spacial score (nSPS) is 10.3. The first-order chi connectivity index (χ1) is 8.58. The molecule has 94 valence electrons. The molecule has 2 nitrogen and oxygen atoms in total. The highest BCUT2D eigenvalue weighted by Crippen LogP contribution is 2.20. The minimum absolute atomic E-state index is 0.434. The van der Waals surface area contributed by atoms with Crippen LogP contribution >= 0.6 is 23.6 Å². The van der Waals surface area contributed by atoms with Crippen LogP contribution in [-0.2, 0) is 6.54 Å². The molecule has 0 aliphatic heterocycles. The van der Waals surface area contributed by atoms with Gasteiger partial charge in [-0.2, -0.15) is 11.3 Å². The van der Waals surface area contributed by atoms with Crippen LogP contribution in [0.4, 0.5) is 5.69 Å². The van der Waals surface area contributed by atoms with Gasteiger partial charge in [0, 0.05) is 17.8 Å². The molecule has 3 N–H and O–H groups in total. The molecule has 0 aliphatic rings. The van der Waals surface area contributed by atoms with Crippen molar-refractivity contribution < 1.29 is 0 Å². The number of benzene rings is 1. The first-order valence-corrected chi connectivity index (χ1v) is 7.09. The Labute approximate surface area is 117 Å². The summed E-state index contributed by atoms with van der Waals surface area (Å²) >= 11 is 6.81. The van der Waals surface area contributed by atoms with E-state index in [1.807, 2.05) is 19.1 Å². The highest BCUT2D eigenvalue weighted by Gasteiger charge is 2.06. The summed E-state index contributed by atoms with van der Waals surface area (Å²) in [5.74, 6) is 0. The van der Waals surface area contributed by atoms with E-state index in [1.54, 1.807) is 11.3 Å². The summed E-state index contributed by atoms with van der Waals surface area (Å²) in [6, 6.07) is 6.11. The van der Waals surface area contributed by atoms with Crippen molar-refractivity contribution in [3.63, 3.8) is 0 Å². The molecule has 0 atom stereocenters. The standard InChI is InChI=1S/C14H16N2S2/c1-9-3-4-13(12(5-9)14(15)17)16-6-11-8-18-7-10(11)2/h3-5,7-8,16H,6H2,1-2H3,(H2,15,17). The molecule has 0 spiro atoms. The third-order valence-electron chi connectivity index (χ3n) is 2.87. The molecule has 1 aromatic carbocycles. The third-order valence-corrected chi connectivity index (χ3v) is 4.00. The SMILES string of the molecule is Cc1ccc(NCc2cscc2C)c(C(N)=S)c1. The number of rotatable bonds is 4. The topological polar surface area (TPSA) is 38.0 Å². The summed E-state index contributed by atoms with van der Waals surface area (Å²) in [4.78, 5) is 0.434. The van der Waals surface area contributed by atoms with E-state index in [0.29, 0.717) is 4.99 Å². The monoisotopic (exact) mass is 276 g/mol. The molecule has 0 unspecified atom stereocenters. The average molecular weight is 276 g/mol. The Hall–Kier alpha value is -1.39. The maximum atomic E-state index is 5.76. The number of hydrogen-bond acceptors (Lipinski definition) is 3. The van der Waals surface area contributed by atoms with Gasteiger partial charge in [0.05, 0.1) is 0 Å². The van der Waals surface area contributed by atoms with Crippen LogP contribution in [-0.4, -0.2) is 4.99 Å². The van der Waals surface area contributed by atoms with E-state index in [2.05, 4.69) is 29.1 Å². The van der Waals surface area contributed by atoms with Gasteiger partial charge in [-0.05, 0) is 47.9 Å². The Morgan fingerprint density at radius 1 is 1.33 bits per heavy atom. The molecule has 18 heavy (non-hydrogen) atoms. The molecular formula is C14H16N2S2. The molecule has 4 heteroatoms. The molecule has 0 amide bonds. The largest absolute Gasteiger partial charge is 0.389 e. The van der Waals surface area contributed by atoms with Gasteiger partial charge in [-0.15, -0.1) is 0 Å². The van der Waals surface area contributed by atoms with Gasteiger partial charge in [0.25, 0.3) is 0 Å². The molecule has 0 radical (unpaired) electrons. The van der Waals surface area contributed by atoms with Crippen LogP contribution in [0.25, 0.3) is 0 Å². The second-order valence-electron chi connectivity index (χ2n) is 4.35. The van der Waals surface area contributed by atoms with Crippen molar-refractivity contribution in [3.8, 4) is 0 Å². The van der Waals surface area contributed by atoms with Crippen molar-refractivity contribution in [2.75, 3.05) is 5.32 Å². The van der Waals surface area contributed by atoms with Crippen molar-refractivity contribution in [1.29, 1.82) is 0 Å². The van der Waals surface area contributed by atoms with Gasteiger partial charge in [-0.1, -0.05) is 23.8 Å². The van der Waals surface area contributed by atoms with Crippen molar-refractivity contribution in [2.45, 2.75) is 20.4 Å². The maximum Gasteiger partial charge on any atom is 0.106 e. The predicted molar refractivity (Wildman–Crippen MR) is 83.4 cm³/mol. The molecule has 1 heterocycles. The molecule has 0 saturated carbocycles. The van der Waals surface area contributed by atoms with E-state index in [9.17, 15) is 0 Å². The minimum Gasteiger partial charge on any atom is -0.389 e. The highest BCUT2D eigenvalue weighted by molar-refractivity contribution is 7.80. The number of thiophene rings is 1. The Morgan fingerprint density at radius 2 is 2.11 bits per heavy atom. The quantitative estimate of drug-likeness (QED) is 0.838. The van der Waals surface area contributed by atoms with Crippen molar-refractivity contribution >= 4 is 34.2 Å². The van der Waals surface area contributed by atoms with Crippen LogP contribution < -0.4 is 11.1 Å². The summed E-state index contributed by atoms with van der Waals surface area (Å²) in [6.07, 6.45) is 0. The van der Waals surface area contributed by atoms with E-state index in [-0.39, 0.29) is 0 Å². The van der Waals surface area contributed by atoms with Crippen LogP contribution in [0, 0.1) is 13.8 Å². The van der Waals surface area contributed by atoms with E-state index in [4.69, 9.17) is 18.0 Å². The first-order valence-electron chi connectivity index (χ1n) is 5.74. The van der Waals surface area contributed by atoms with Gasteiger partial charge in [-0.3, -0.25) is 0 Å². The Morgan fingerprint density at radius 3 is 2.72 bits per heavy atom. The van der Waals surface area contributed by atoms with E-state index in [0.717, 1.165) is 23.4 Å². The zero-order valence-electron chi connectivity index (χ0n) is 10.5. The van der Waals surface area contributed by atoms with Crippen molar-refractivity contribution in [3.05, 3.63) is 51.2 Å². The predicted octanol–water partition coefficient (Wildman–Crippen LogP) is 3.61. The lowest BCUT2D eigenvalue weighted by molar-refractivity contribution is 1.13. The Bertz CT molecular complexity index is 573. The summed E-state index contributed by atoms with van der Waals surface area (Å²) in [7, 11) is 0. The molecule has 0 fully saturated rings. The van der Waals surface area contributed by atoms with E-state index >= 15 is 0 Å². The van der Waals surface area contributed by atoms with E-state index < -0.39 is 0 Å². The van der Waals surface area contributed by atoms with Gasteiger partial charge in [-0.25, -0.2) is 0 Å². The van der Waals surface area contributed by atoms with Crippen LogP contribution in [0.15, 0.2) is 29.0 Å². The summed E-state index contributed by atoms with van der Waals surface area (Å²) in [5, 5.41) is 7.72. The first kappa shape index (κ1) is 13.1. The zero-order chi connectivity index (χ0) is 13.1. The Kier molecular flexibility index (Phi) is 3.99. The third kappa shape index (κ3) is 2.89. The molecule has 0 aliphatic carbocycles. The number of aryl methyl sites for hydroxylation is 2. The summed E-state index contributed by atoms with van der Waals surface area (Å²) < 4.78 is 0. The zero-order valence-corrected chi connectivity index (χ0v) is 12.1. The van der Waals surface area contributed by atoms with Crippen molar-refractivity contribution in [1.82, 2.24) is 0 Å². The minimum atomic E-state index is 0.434. The second kappa shape index (κ2) is 5.50.